The van der Waals surface area contributed by atoms with Gasteiger partial charge in [0.15, 0.2) is 16.6 Å². The smallest absolute Gasteiger partial charge is 0.248 e. The van der Waals surface area contributed by atoms with Gasteiger partial charge in [0, 0.05) is 24.2 Å². The maximum Gasteiger partial charge on any atom is 0.248 e. The zero-order chi connectivity index (χ0) is 28.1. The number of ether oxygens (including phenoxy) is 1. The van der Waals surface area contributed by atoms with Crippen LogP contribution in [0.5, 0.6) is 0 Å². The van der Waals surface area contributed by atoms with E-state index in [4.69, 9.17) is 20.8 Å². The molecular weight excluding hydrogens is 540 g/mol. The van der Waals surface area contributed by atoms with Crippen molar-refractivity contribution in [1.29, 1.82) is 0 Å². The van der Waals surface area contributed by atoms with Crippen LogP contribution in [0.3, 0.4) is 0 Å². The minimum Gasteiger partial charge on any atom is -0.449 e. The maximum absolute atomic E-state index is 15.2. The number of amides is 1. The van der Waals surface area contributed by atoms with Crippen LogP contribution in [0.25, 0.3) is 0 Å². The van der Waals surface area contributed by atoms with Crippen LogP contribution in [0.1, 0.15) is 24.2 Å². The third-order valence-corrected chi connectivity index (χ3v) is 7.64. The molecule has 7 nitrogen and oxygen atoms in total. The number of anilines is 1. The second kappa shape index (κ2) is 9.96. The second-order valence-electron chi connectivity index (χ2n) is 10.0. The van der Waals surface area contributed by atoms with Gasteiger partial charge >= 0.3 is 0 Å². The molecule has 5 rings (SSSR count). The molecule has 1 amide bonds. The predicted octanol–water partition coefficient (Wildman–Crippen LogP) is 4.70. The number of nitrogens with one attached hydrogen (secondary N) is 1. The van der Waals surface area contributed by atoms with Crippen LogP contribution >= 0.6 is 11.6 Å². The molecule has 0 saturated carbocycles. The van der Waals surface area contributed by atoms with Crippen molar-refractivity contribution in [3.05, 3.63) is 88.3 Å². The standard InChI is InChI=1S/C27H25ClF4N4O3/c1-26(25(37)33-12-27(35(2)3)13-38-14-27)23(21-8-9-22(28)39-21)24(17-6-4-15(29)10-18(17)31)34-36(26)20-7-5-16(30)11-19(20)32/h4-11,23H,12-14H2,1-3H3,(H,33,37). The number of hydrazone groups is 1. The van der Waals surface area contributed by atoms with Gasteiger partial charge in [0.25, 0.3) is 0 Å². The summed E-state index contributed by atoms with van der Waals surface area (Å²) in [6, 6.07) is 8.67. The summed E-state index contributed by atoms with van der Waals surface area (Å²) in [5, 5.41) is 8.49. The fourth-order valence-corrected chi connectivity index (χ4v) is 5.08. The van der Waals surface area contributed by atoms with Crippen LogP contribution < -0.4 is 10.3 Å². The number of carbonyl (C=O) groups is 1. The Morgan fingerprint density at radius 3 is 2.28 bits per heavy atom. The van der Waals surface area contributed by atoms with Gasteiger partial charge in [-0.05, 0) is 69.0 Å². The number of hydrogen-bond donors (Lipinski definition) is 1. The number of carbonyl (C=O) groups excluding carboxylic acids is 1. The van der Waals surface area contributed by atoms with Crippen LogP contribution in [0.4, 0.5) is 23.2 Å². The van der Waals surface area contributed by atoms with Gasteiger partial charge in [-0.15, -0.1) is 0 Å². The van der Waals surface area contributed by atoms with E-state index in [-0.39, 0.29) is 34.5 Å². The number of hydrogen-bond acceptors (Lipinski definition) is 6. The summed E-state index contributed by atoms with van der Waals surface area (Å²) in [4.78, 5) is 16.1. The van der Waals surface area contributed by atoms with Crippen LogP contribution in [-0.2, 0) is 9.53 Å². The highest BCUT2D eigenvalue weighted by molar-refractivity contribution is 6.28. The van der Waals surface area contributed by atoms with E-state index in [2.05, 4.69) is 10.4 Å². The molecule has 0 spiro atoms. The molecule has 0 aliphatic carbocycles. The lowest BCUT2D eigenvalue weighted by Crippen LogP contribution is -2.67. The summed E-state index contributed by atoms with van der Waals surface area (Å²) in [5.41, 5.74) is -2.63. The van der Waals surface area contributed by atoms with E-state index < -0.39 is 46.2 Å². The maximum atomic E-state index is 15.2. The number of nitrogens with zero attached hydrogens (tertiary/aromatic N) is 3. The first-order valence-corrected chi connectivity index (χ1v) is 12.4. The molecule has 2 unspecified atom stereocenters. The van der Waals surface area contributed by atoms with Crippen molar-refractivity contribution >= 4 is 28.9 Å². The van der Waals surface area contributed by atoms with Crippen molar-refractivity contribution < 1.29 is 31.5 Å². The molecule has 2 aromatic carbocycles. The summed E-state index contributed by atoms with van der Waals surface area (Å²) in [5.74, 6) is -5.18. The molecule has 2 aliphatic heterocycles. The Hall–Kier alpha value is -3.41. The molecule has 39 heavy (non-hydrogen) atoms. The molecule has 1 aromatic heterocycles. The van der Waals surface area contributed by atoms with Gasteiger partial charge in [-0.3, -0.25) is 9.69 Å². The van der Waals surface area contributed by atoms with Crippen molar-refractivity contribution in [3.8, 4) is 0 Å². The van der Waals surface area contributed by atoms with Crippen LogP contribution in [-0.4, -0.2) is 61.5 Å². The molecule has 3 aromatic rings. The Morgan fingerprint density at radius 2 is 1.74 bits per heavy atom. The third kappa shape index (κ3) is 4.58. The van der Waals surface area contributed by atoms with E-state index in [0.717, 1.165) is 23.2 Å². The SMILES string of the molecule is CN(C)C1(CNC(=O)C2(C)C(c3ccc(Cl)o3)C(c3ccc(F)cc3F)=NN2c2ccc(F)cc2F)COC1. The fraction of sp³-hybridized carbons (Fsp3) is 0.333. The van der Waals surface area contributed by atoms with Gasteiger partial charge in [-0.1, -0.05) is 0 Å². The minimum atomic E-state index is -1.77. The van der Waals surface area contributed by atoms with E-state index in [0.29, 0.717) is 25.3 Å². The van der Waals surface area contributed by atoms with E-state index in [9.17, 15) is 13.6 Å². The van der Waals surface area contributed by atoms with Gasteiger partial charge in [0.2, 0.25) is 5.91 Å². The number of halogens is 5. The number of furan rings is 1. The van der Waals surface area contributed by atoms with Crippen LogP contribution in [0.15, 0.2) is 58.0 Å². The van der Waals surface area contributed by atoms with Gasteiger partial charge in [0.1, 0.15) is 23.2 Å². The van der Waals surface area contributed by atoms with E-state index in [1.54, 1.807) is 0 Å². The summed E-state index contributed by atoms with van der Waals surface area (Å²) >= 11 is 6.07. The second-order valence-corrected chi connectivity index (χ2v) is 10.4. The molecule has 12 heteroatoms. The van der Waals surface area contributed by atoms with E-state index >= 15 is 8.78 Å². The first kappa shape index (κ1) is 27.2. The molecule has 2 atom stereocenters. The largest absolute Gasteiger partial charge is 0.449 e. The van der Waals surface area contributed by atoms with Crippen LogP contribution in [0.2, 0.25) is 5.22 Å². The highest BCUT2D eigenvalue weighted by Crippen LogP contribution is 2.46. The number of rotatable bonds is 7. The highest BCUT2D eigenvalue weighted by atomic mass is 35.5. The summed E-state index contributed by atoms with van der Waals surface area (Å²) in [6.07, 6.45) is 0. The normalized spacial score (nSPS) is 22.1. The Balaban J connectivity index is 1.67. The lowest BCUT2D eigenvalue weighted by molar-refractivity contribution is -0.136. The monoisotopic (exact) mass is 564 g/mol. The molecule has 1 fully saturated rings. The topological polar surface area (TPSA) is 70.3 Å². The Bertz CT molecular complexity index is 1460. The van der Waals surface area contributed by atoms with Crippen molar-refractivity contribution in [2.24, 2.45) is 5.10 Å². The van der Waals surface area contributed by atoms with E-state index in [1.807, 2.05) is 19.0 Å². The van der Waals surface area contributed by atoms with E-state index in [1.165, 1.54) is 25.1 Å². The lowest BCUT2D eigenvalue weighted by Gasteiger charge is -2.47. The van der Waals surface area contributed by atoms with Gasteiger partial charge in [0.05, 0.1) is 36.1 Å². The molecule has 3 heterocycles. The molecular formula is C27H25ClF4N4O3. The van der Waals surface area contributed by atoms with Crippen LogP contribution in [0, 0.1) is 23.3 Å². The average molecular weight is 565 g/mol. The summed E-state index contributed by atoms with van der Waals surface area (Å²) in [6.45, 7) is 2.43. The average Bonchev–Trinajstić information content (AvgIpc) is 3.39. The molecule has 1 saturated heterocycles. The Morgan fingerprint density at radius 1 is 1.08 bits per heavy atom. The quantitative estimate of drug-likeness (QED) is 0.421. The zero-order valence-corrected chi connectivity index (χ0v) is 22.0. The van der Waals surface area contributed by atoms with Gasteiger partial charge in [-0.2, -0.15) is 5.10 Å². The minimum absolute atomic E-state index is 0.00345. The number of benzene rings is 2. The summed E-state index contributed by atoms with van der Waals surface area (Å²) in [7, 11) is 3.72. The third-order valence-electron chi connectivity index (χ3n) is 7.43. The van der Waals surface area contributed by atoms with Crippen molar-refractivity contribution in [2.45, 2.75) is 23.9 Å². The fourth-order valence-electron chi connectivity index (χ4n) is 4.92. The van der Waals surface area contributed by atoms with Gasteiger partial charge < -0.3 is 14.5 Å². The van der Waals surface area contributed by atoms with Gasteiger partial charge in [-0.25, -0.2) is 22.6 Å². The Labute approximate surface area is 227 Å². The lowest BCUT2D eigenvalue weighted by atomic mass is 9.78. The Kier molecular flexibility index (Phi) is 6.94. The first-order chi connectivity index (χ1) is 18.5. The van der Waals surface area contributed by atoms with Crippen molar-refractivity contribution in [2.75, 3.05) is 38.9 Å². The van der Waals surface area contributed by atoms with Crippen molar-refractivity contribution in [3.63, 3.8) is 0 Å². The summed E-state index contributed by atoms with van der Waals surface area (Å²) < 4.78 is 69.0. The molecule has 206 valence electrons. The molecule has 1 N–H and O–H groups in total. The molecule has 0 bridgehead atoms. The molecule has 0 radical (unpaired) electrons. The highest BCUT2D eigenvalue weighted by Gasteiger charge is 2.57. The number of likely N-dealkylation sites (N-methyl/N-ethyl adjacent to an activating group) is 1. The first-order valence-electron chi connectivity index (χ1n) is 12.0. The van der Waals surface area contributed by atoms with Crippen molar-refractivity contribution in [1.82, 2.24) is 10.2 Å². The molecule has 2 aliphatic rings. The predicted molar refractivity (Wildman–Crippen MR) is 137 cm³/mol. The zero-order valence-electron chi connectivity index (χ0n) is 21.3.